The van der Waals surface area contributed by atoms with Gasteiger partial charge < -0.3 is 5.32 Å². The molecule has 1 N–H and O–H groups in total. The van der Waals surface area contributed by atoms with Crippen LogP contribution in [0.2, 0.25) is 0 Å². The fraction of sp³-hybridized carbons (Fsp3) is 0.500. The van der Waals surface area contributed by atoms with Crippen LogP contribution in [-0.2, 0) is 5.41 Å². The van der Waals surface area contributed by atoms with Crippen LogP contribution in [0, 0.1) is 0 Å². The summed E-state index contributed by atoms with van der Waals surface area (Å²) in [5.74, 6) is 0. The molecule has 1 aliphatic heterocycles. The van der Waals surface area contributed by atoms with Crippen LogP contribution >= 0.6 is 15.9 Å². The van der Waals surface area contributed by atoms with Crippen molar-refractivity contribution in [3.63, 3.8) is 0 Å². The Morgan fingerprint density at radius 3 is 2.64 bits per heavy atom. The molecule has 2 heteroatoms. The van der Waals surface area contributed by atoms with Gasteiger partial charge in [-0.1, -0.05) is 35.0 Å². The predicted molar refractivity (Wildman–Crippen MR) is 63.6 cm³/mol. The van der Waals surface area contributed by atoms with Crippen LogP contribution in [0.1, 0.15) is 25.3 Å². The summed E-state index contributed by atoms with van der Waals surface area (Å²) in [7, 11) is 0. The van der Waals surface area contributed by atoms with Crippen LogP contribution in [0.5, 0.6) is 0 Å². The van der Waals surface area contributed by atoms with Gasteiger partial charge in [-0.25, -0.2) is 0 Å². The molecule has 14 heavy (non-hydrogen) atoms. The van der Waals surface area contributed by atoms with Crippen molar-refractivity contribution in [3.05, 3.63) is 34.3 Å². The molecule has 1 aromatic rings. The molecule has 0 aliphatic carbocycles. The van der Waals surface area contributed by atoms with Crippen molar-refractivity contribution in [2.75, 3.05) is 13.1 Å². The van der Waals surface area contributed by atoms with Crippen LogP contribution in [0.25, 0.3) is 0 Å². The normalized spacial score (nSPS) is 20.7. The van der Waals surface area contributed by atoms with E-state index < -0.39 is 0 Å². The monoisotopic (exact) mass is 253 g/mol. The summed E-state index contributed by atoms with van der Waals surface area (Å²) >= 11 is 3.54. The van der Waals surface area contributed by atoms with Crippen molar-refractivity contribution >= 4 is 15.9 Å². The first-order valence-electron chi connectivity index (χ1n) is 5.17. The third-order valence-corrected chi connectivity index (χ3v) is 3.72. The average molecular weight is 254 g/mol. The second kappa shape index (κ2) is 4.03. The molecule has 0 bridgehead atoms. The van der Waals surface area contributed by atoms with Gasteiger partial charge in [-0.15, -0.1) is 0 Å². The third kappa shape index (κ3) is 2.01. The van der Waals surface area contributed by atoms with Gasteiger partial charge in [0.2, 0.25) is 0 Å². The lowest BCUT2D eigenvalue weighted by molar-refractivity contribution is 0.335. The van der Waals surface area contributed by atoms with E-state index in [1.165, 1.54) is 22.9 Å². The second-order valence-electron chi connectivity index (χ2n) is 4.32. The maximum Gasteiger partial charge on any atom is 0.0178 e. The minimum absolute atomic E-state index is 0.370. The van der Waals surface area contributed by atoms with Gasteiger partial charge in [-0.2, -0.15) is 0 Å². The molecule has 1 aromatic carbocycles. The zero-order valence-electron chi connectivity index (χ0n) is 8.52. The molecule has 2 rings (SSSR count). The van der Waals surface area contributed by atoms with Crippen molar-refractivity contribution in [1.82, 2.24) is 5.32 Å². The molecule has 0 saturated carbocycles. The Balaban J connectivity index is 2.28. The Labute approximate surface area is 94.0 Å². The van der Waals surface area contributed by atoms with Gasteiger partial charge in [0.1, 0.15) is 0 Å². The minimum atomic E-state index is 0.370. The predicted octanol–water partition coefficient (Wildman–Crippen LogP) is 3.09. The van der Waals surface area contributed by atoms with Gasteiger partial charge in [0, 0.05) is 4.47 Å². The molecule has 76 valence electrons. The van der Waals surface area contributed by atoms with Gasteiger partial charge in [0.05, 0.1) is 0 Å². The van der Waals surface area contributed by atoms with Crippen molar-refractivity contribution in [1.29, 1.82) is 0 Å². The Bertz CT molecular complexity index is 316. The highest BCUT2D eigenvalue weighted by molar-refractivity contribution is 9.10. The molecule has 1 aliphatic rings. The maximum absolute atomic E-state index is 3.54. The van der Waals surface area contributed by atoms with E-state index in [1.807, 2.05) is 0 Å². The molecule has 0 radical (unpaired) electrons. The molecule has 1 nitrogen and oxygen atoms in total. The van der Waals surface area contributed by atoms with Crippen LogP contribution in [0.15, 0.2) is 28.7 Å². The van der Waals surface area contributed by atoms with E-state index in [1.54, 1.807) is 0 Å². The number of nitrogens with one attached hydrogen (secondary N) is 1. The lowest BCUT2D eigenvalue weighted by atomic mass is 9.75. The standard InChI is InChI=1S/C12H16BrN/c1-12(5-7-14-8-6-12)10-3-2-4-11(13)9-10/h2-4,9,14H,5-8H2,1H3. The largest absolute Gasteiger partial charge is 0.317 e. The summed E-state index contributed by atoms with van der Waals surface area (Å²) in [6.45, 7) is 4.65. The Kier molecular flexibility index (Phi) is 2.93. The molecule has 0 unspecified atom stereocenters. The molecular weight excluding hydrogens is 238 g/mol. The maximum atomic E-state index is 3.54. The highest BCUT2D eigenvalue weighted by Crippen LogP contribution is 2.33. The summed E-state index contributed by atoms with van der Waals surface area (Å²) < 4.78 is 1.19. The minimum Gasteiger partial charge on any atom is -0.317 e. The molecule has 0 aromatic heterocycles. The average Bonchev–Trinajstić information content (AvgIpc) is 2.19. The van der Waals surface area contributed by atoms with Gasteiger partial charge in [-0.3, -0.25) is 0 Å². The van der Waals surface area contributed by atoms with E-state index in [0.717, 1.165) is 13.1 Å². The van der Waals surface area contributed by atoms with Gasteiger partial charge in [-0.05, 0) is 49.0 Å². The number of rotatable bonds is 1. The van der Waals surface area contributed by atoms with Gasteiger partial charge in [0.25, 0.3) is 0 Å². The smallest absolute Gasteiger partial charge is 0.0178 e. The first kappa shape index (κ1) is 10.2. The zero-order valence-corrected chi connectivity index (χ0v) is 10.1. The van der Waals surface area contributed by atoms with Crippen LogP contribution in [0.4, 0.5) is 0 Å². The van der Waals surface area contributed by atoms with E-state index in [-0.39, 0.29) is 0 Å². The van der Waals surface area contributed by atoms with Crippen molar-refractivity contribution < 1.29 is 0 Å². The summed E-state index contributed by atoms with van der Waals surface area (Å²) in [6, 6.07) is 8.72. The van der Waals surface area contributed by atoms with Crippen LogP contribution in [0.3, 0.4) is 0 Å². The Morgan fingerprint density at radius 1 is 1.29 bits per heavy atom. The van der Waals surface area contributed by atoms with E-state index >= 15 is 0 Å². The number of halogens is 1. The van der Waals surface area contributed by atoms with Crippen molar-refractivity contribution in [2.24, 2.45) is 0 Å². The summed E-state index contributed by atoms with van der Waals surface area (Å²) in [5.41, 5.74) is 1.84. The van der Waals surface area contributed by atoms with E-state index in [0.29, 0.717) is 5.41 Å². The number of benzene rings is 1. The summed E-state index contributed by atoms with van der Waals surface area (Å²) in [6.07, 6.45) is 2.48. The highest BCUT2D eigenvalue weighted by atomic mass is 79.9. The molecular formula is C12H16BrN. The van der Waals surface area contributed by atoms with Gasteiger partial charge in [0.15, 0.2) is 0 Å². The first-order chi connectivity index (χ1) is 6.71. The van der Waals surface area contributed by atoms with E-state index in [9.17, 15) is 0 Å². The van der Waals surface area contributed by atoms with E-state index in [2.05, 4.69) is 52.4 Å². The van der Waals surface area contributed by atoms with Gasteiger partial charge >= 0.3 is 0 Å². The highest BCUT2D eigenvalue weighted by Gasteiger charge is 2.28. The second-order valence-corrected chi connectivity index (χ2v) is 5.24. The molecule has 0 amide bonds. The lowest BCUT2D eigenvalue weighted by Gasteiger charge is -2.34. The zero-order chi connectivity index (χ0) is 10.0. The third-order valence-electron chi connectivity index (χ3n) is 3.23. The van der Waals surface area contributed by atoms with Crippen molar-refractivity contribution in [2.45, 2.75) is 25.2 Å². The molecule has 0 spiro atoms. The number of hydrogen-bond donors (Lipinski definition) is 1. The number of piperidine rings is 1. The fourth-order valence-electron chi connectivity index (χ4n) is 2.13. The summed E-state index contributed by atoms with van der Waals surface area (Å²) in [5, 5.41) is 3.41. The molecule has 1 heterocycles. The quantitative estimate of drug-likeness (QED) is 0.812. The molecule has 0 atom stereocenters. The molecule has 1 fully saturated rings. The van der Waals surface area contributed by atoms with Crippen LogP contribution in [-0.4, -0.2) is 13.1 Å². The SMILES string of the molecule is CC1(c2cccc(Br)c2)CCNCC1. The lowest BCUT2D eigenvalue weighted by Crippen LogP contribution is -2.37. The fourth-order valence-corrected chi connectivity index (χ4v) is 2.53. The Morgan fingerprint density at radius 2 is 2.00 bits per heavy atom. The summed E-state index contributed by atoms with van der Waals surface area (Å²) in [4.78, 5) is 0. The molecule has 1 saturated heterocycles. The van der Waals surface area contributed by atoms with Crippen LogP contribution < -0.4 is 5.32 Å². The van der Waals surface area contributed by atoms with E-state index in [4.69, 9.17) is 0 Å². The number of hydrogen-bond acceptors (Lipinski definition) is 1. The first-order valence-corrected chi connectivity index (χ1v) is 5.97. The van der Waals surface area contributed by atoms with Crippen molar-refractivity contribution in [3.8, 4) is 0 Å². The topological polar surface area (TPSA) is 12.0 Å². The Hall–Kier alpha value is -0.340.